The van der Waals surface area contributed by atoms with Gasteiger partial charge in [0.2, 0.25) is 5.91 Å². The van der Waals surface area contributed by atoms with Gasteiger partial charge < -0.3 is 10.0 Å². The minimum atomic E-state index is -5.08. The van der Waals surface area contributed by atoms with E-state index in [0.717, 1.165) is 44.0 Å². The number of aliphatic carboxylic acids is 1. The van der Waals surface area contributed by atoms with Crippen LogP contribution < -0.4 is 0 Å². The summed E-state index contributed by atoms with van der Waals surface area (Å²) >= 11 is 1.71. The number of carboxylic acid groups (broad SMARTS) is 1. The molecule has 0 saturated carbocycles. The van der Waals surface area contributed by atoms with Gasteiger partial charge in [-0.05, 0) is 24.9 Å². The largest absolute Gasteiger partial charge is 0.490 e. The number of carbonyl (C=O) groups excluding carboxylic acids is 1. The second kappa shape index (κ2) is 9.35. The quantitative estimate of drug-likeness (QED) is 0.767. The summed E-state index contributed by atoms with van der Waals surface area (Å²) in [7, 11) is 0. The zero-order valence-corrected chi connectivity index (χ0v) is 17.8. The maximum atomic E-state index is 12.2. The fourth-order valence-electron chi connectivity index (χ4n) is 4.49. The summed E-state index contributed by atoms with van der Waals surface area (Å²) < 4.78 is 31.7. The monoisotopic (exact) mass is 455 g/mol. The number of aromatic nitrogens is 1. The Hall–Kier alpha value is -2.46. The molecule has 168 valence electrons. The van der Waals surface area contributed by atoms with Crippen molar-refractivity contribution in [2.45, 2.75) is 43.9 Å². The number of hydrogen-bond donors (Lipinski definition) is 1. The molecule has 0 spiro atoms. The summed E-state index contributed by atoms with van der Waals surface area (Å²) in [6, 6.07) is 11.1. The van der Waals surface area contributed by atoms with Crippen molar-refractivity contribution in [3.8, 4) is 0 Å². The van der Waals surface area contributed by atoms with E-state index in [1.165, 1.54) is 5.56 Å². The number of thiazole rings is 1. The molecule has 10 heteroatoms. The summed E-state index contributed by atoms with van der Waals surface area (Å²) in [6.07, 6.45) is -1.03. The zero-order valence-electron chi connectivity index (χ0n) is 17.0. The van der Waals surface area contributed by atoms with Crippen molar-refractivity contribution in [1.82, 2.24) is 14.8 Å². The second-order valence-electron chi connectivity index (χ2n) is 7.71. The van der Waals surface area contributed by atoms with Crippen molar-refractivity contribution < 1.29 is 27.9 Å². The number of benzene rings is 1. The number of amides is 1. The molecule has 2 aliphatic rings. The van der Waals surface area contributed by atoms with Gasteiger partial charge in [0.1, 0.15) is 5.01 Å². The molecule has 2 aliphatic heterocycles. The molecule has 1 aromatic heterocycles. The Labute approximate surface area is 182 Å². The molecule has 6 nitrogen and oxygen atoms in total. The molecule has 0 bridgehead atoms. The Morgan fingerprint density at radius 2 is 1.87 bits per heavy atom. The first-order valence-electron chi connectivity index (χ1n) is 9.87. The standard InChI is InChI=1S/C19H23N3OS.C2HF3O2/c1-15(23)22-11-8-19(16-5-3-2-4-6-16)7-10-21(13-17(19)22)14-18-20-9-12-24-18;3-2(4,5)1(6)7/h2-6,9,12,17H,7-8,10-11,13-14H2,1H3;(H,6,7). The molecule has 31 heavy (non-hydrogen) atoms. The number of alkyl halides is 3. The van der Waals surface area contributed by atoms with E-state index in [9.17, 15) is 18.0 Å². The first-order chi connectivity index (χ1) is 14.6. The third-order valence-corrected chi connectivity index (χ3v) is 6.72. The third-order valence-electron chi connectivity index (χ3n) is 5.96. The molecule has 0 radical (unpaired) electrons. The Balaban J connectivity index is 0.000000339. The van der Waals surface area contributed by atoms with Crippen LogP contribution in [0.3, 0.4) is 0 Å². The summed E-state index contributed by atoms with van der Waals surface area (Å²) in [5.41, 5.74) is 1.51. The Morgan fingerprint density at radius 1 is 1.23 bits per heavy atom. The van der Waals surface area contributed by atoms with Gasteiger partial charge in [0.05, 0.1) is 12.6 Å². The average molecular weight is 456 g/mol. The topological polar surface area (TPSA) is 73.7 Å². The lowest BCUT2D eigenvalue weighted by atomic mass is 9.69. The third kappa shape index (κ3) is 5.24. The maximum absolute atomic E-state index is 12.2. The Morgan fingerprint density at radius 3 is 2.42 bits per heavy atom. The molecule has 1 aromatic carbocycles. The zero-order chi connectivity index (χ0) is 22.6. The highest BCUT2D eigenvalue weighted by Gasteiger charge is 2.51. The van der Waals surface area contributed by atoms with E-state index < -0.39 is 12.1 Å². The SMILES string of the molecule is CC(=O)N1CCC2(c3ccccc3)CCN(Cc3nccs3)CC12.O=C(O)C(F)(F)F. The number of hydrogen-bond acceptors (Lipinski definition) is 5. The van der Waals surface area contributed by atoms with Crippen molar-refractivity contribution in [3.05, 3.63) is 52.5 Å². The van der Waals surface area contributed by atoms with Gasteiger partial charge in [-0.2, -0.15) is 13.2 Å². The van der Waals surface area contributed by atoms with Crippen LogP contribution in [-0.4, -0.2) is 63.6 Å². The lowest BCUT2D eigenvalue weighted by Gasteiger charge is -2.46. The number of likely N-dealkylation sites (tertiary alicyclic amines) is 2. The first kappa shape index (κ1) is 23.2. The fourth-order valence-corrected chi connectivity index (χ4v) is 5.15. The number of rotatable bonds is 3. The molecule has 2 atom stereocenters. The molecule has 2 unspecified atom stereocenters. The lowest BCUT2D eigenvalue weighted by Crippen LogP contribution is -2.56. The maximum Gasteiger partial charge on any atom is 0.490 e. The van der Waals surface area contributed by atoms with Crippen LogP contribution in [0.2, 0.25) is 0 Å². The summed E-state index contributed by atoms with van der Waals surface area (Å²) in [5.74, 6) is -2.55. The molecule has 4 rings (SSSR count). The van der Waals surface area contributed by atoms with E-state index in [4.69, 9.17) is 9.90 Å². The van der Waals surface area contributed by atoms with Gasteiger partial charge in [-0.15, -0.1) is 11.3 Å². The number of carboxylic acids is 1. The van der Waals surface area contributed by atoms with Crippen LogP contribution in [-0.2, 0) is 21.5 Å². The highest BCUT2D eigenvalue weighted by atomic mass is 32.1. The number of carbonyl (C=O) groups is 2. The van der Waals surface area contributed by atoms with Gasteiger partial charge >= 0.3 is 12.1 Å². The first-order valence-corrected chi connectivity index (χ1v) is 10.7. The van der Waals surface area contributed by atoms with E-state index in [1.54, 1.807) is 18.3 Å². The van der Waals surface area contributed by atoms with Gasteiger partial charge in [0, 0.05) is 37.0 Å². The van der Waals surface area contributed by atoms with Crippen LogP contribution in [0, 0.1) is 0 Å². The second-order valence-corrected chi connectivity index (χ2v) is 8.69. The normalized spacial score (nSPS) is 23.6. The summed E-state index contributed by atoms with van der Waals surface area (Å²) in [5, 5.41) is 10.3. The minimum Gasteiger partial charge on any atom is -0.475 e. The van der Waals surface area contributed by atoms with E-state index in [0.29, 0.717) is 0 Å². The molecule has 3 heterocycles. The Bertz CT molecular complexity index is 892. The van der Waals surface area contributed by atoms with Gasteiger partial charge in [0.25, 0.3) is 0 Å². The van der Waals surface area contributed by atoms with E-state index >= 15 is 0 Å². The Kier molecular flexibility index (Phi) is 7.00. The summed E-state index contributed by atoms with van der Waals surface area (Å²) in [4.78, 5) is 30.1. The van der Waals surface area contributed by atoms with Crippen LogP contribution in [0.1, 0.15) is 30.3 Å². The predicted molar refractivity (Wildman–Crippen MR) is 110 cm³/mol. The lowest BCUT2D eigenvalue weighted by molar-refractivity contribution is -0.192. The number of nitrogens with zero attached hydrogens (tertiary/aromatic N) is 3. The molecular weight excluding hydrogens is 431 g/mol. The van der Waals surface area contributed by atoms with Gasteiger partial charge in [-0.25, -0.2) is 9.78 Å². The van der Waals surface area contributed by atoms with E-state index in [1.807, 2.05) is 11.6 Å². The van der Waals surface area contributed by atoms with Crippen LogP contribution >= 0.6 is 11.3 Å². The fraction of sp³-hybridized carbons (Fsp3) is 0.476. The van der Waals surface area contributed by atoms with Crippen LogP contribution in [0.15, 0.2) is 41.9 Å². The van der Waals surface area contributed by atoms with Crippen molar-refractivity contribution in [2.24, 2.45) is 0 Å². The van der Waals surface area contributed by atoms with E-state index in [2.05, 4.69) is 45.1 Å². The van der Waals surface area contributed by atoms with Crippen molar-refractivity contribution in [2.75, 3.05) is 19.6 Å². The van der Waals surface area contributed by atoms with Gasteiger partial charge in [0.15, 0.2) is 0 Å². The van der Waals surface area contributed by atoms with Gasteiger partial charge in [-0.1, -0.05) is 30.3 Å². The van der Waals surface area contributed by atoms with Crippen LogP contribution in [0.5, 0.6) is 0 Å². The summed E-state index contributed by atoms with van der Waals surface area (Å²) in [6.45, 7) is 5.48. The average Bonchev–Trinajstić information content (AvgIpc) is 3.36. The highest BCUT2D eigenvalue weighted by molar-refractivity contribution is 7.09. The molecule has 1 N–H and O–H groups in total. The molecular formula is C21H24F3N3O3S. The predicted octanol–water partition coefficient (Wildman–Crippen LogP) is 3.54. The highest BCUT2D eigenvalue weighted by Crippen LogP contribution is 2.46. The van der Waals surface area contributed by atoms with E-state index in [-0.39, 0.29) is 17.4 Å². The molecule has 1 amide bonds. The van der Waals surface area contributed by atoms with Crippen molar-refractivity contribution in [3.63, 3.8) is 0 Å². The molecule has 2 saturated heterocycles. The van der Waals surface area contributed by atoms with Crippen molar-refractivity contribution >= 4 is 23.2 Å². The number of piperidine rings is 1. The van der Waals surface area contributed by atoms with Crippen LogP contribution in [0.25, 0.3) is 0 Å². The molecule has 0 aliphatic carbocycles. The smallest absolute Gasteiger partial charge is 0.475 e. The molecule has 2 fully saturated rings. The number of halogens is 3. The number of fused-ring (bicyclic) bond motifs is 1. The van der Waals surface area contributed by atoms with Crippen molar-refractivity contribution in [1.29, 1.82) is 0 Å². The van der Waals surface area contributed by atoms with Crippen LogP contribution in [0.4, 0.5) is 13.2 Å². The minimum absolute atomic E-state index is 0.117. The molecule has 2 aromatic rings. The van der Waals surface area contributed by atoms with Gasteiger partial charge in [-0.3, -0.25) is 9.69 Å².